The minimum atomic E-state index is 0.249. The third-order valence-electron chi connectivity index (χ3n) is 6.20. The minimum absolute atomic E-state index is 0.249. The number of carbonyl (C=O) groups is 1. The van der Waals surface area contributed by atoms with Crippen molar-refractivity contribution in [3.05, 3.63) is 58.8 Å². The van der Waals surface area contributed by atoms with Crippen LogP contribution in [0.25, 0.3) is 10.9 Å². The average molecular weight is 439 g/mol. The maximum atomic E-state index is 13.0. The Hall–Kier alpha value is -2.34. The van der Waals surface area contributed by atoms with Crippen molar-refractivity contribution in [1.29, 1.82) is 0 Å². The summed E-state index contributed by atoms with van der Waals surface area (Å²) >= 11 is 3.44. The van der Waals surface area contributed by atoms with Gasteiger partial charge in [0.05, 0.1) is 6.42 Å². The number of rotatable bonds is 3. The molecule has 1 aromatic carbocycles. The molecule has 5 nitrogen and oxygen atoms in total. The second-order valence-electron chi connectivity index (χ2n) is 8.02. The fourth-order valence-electron chi connectivity index (χ4n) is 4.78. The number of aromatic nitrogens is 2. The van der Waals surface area contributed by atoms with Gasteiger partial charge in [0, 0.05) is 72.8 Å². The summed E-state index contributed by atoms with van der Waals surface area (Å²) in [7, 11) is 2.04. The molecule has 0 spiro atoms. The van der Waals surface area contributed by atoms with Crippen molar-refractivity contribution in [3.63, 3.8) is 0 Å². The Kier molecular flexibility index (Phi) is 4.38. The Morgan fingerprint density at radius 2 is 1.86 bits per heavy atom. The number of fused-ring (bicyclic) bond motifs is 2. The average Bonchev–Trinajstić information content (AvgIpc) is 3.35. The highest BCUT2D eigenvalue weighted by Crippen LogP contribution is 2.34. The molecule has 144 valence electrons. The SMILES string of the molecule is Cn1cc(CC(=O)N2CC3CN(c4ccc(Br)cn4)CC3C2)c2ccccc21. The molecule has 2 aliphatic rings. The van der Waals surface area contributed by atoms with Gasteiger partial charge in [-0.3, -0.25) is 4.79 Å². The van der Waals surface area contributed by atoms with Crippen molar-refractivity contribution < 1.29 is 4.79 Å². The van der Waals surface area contributed by atoms with Gasteiger partial charge in [0.15, 0.2) is 0 Å². The molecule has 2 saturated heterocycles. The van der Waals surface area contributed by atoms with Crippen LogP contribution in [0.4, 0.5) is 5.82 Å². The van der Waals surface area contributed by atoms with Crippen LogP contribution < -0.4 is 4.90 Å². The van der Waals surface area contributed by atoms with Gasteiger partial charge >= 0.3 is 0 Å². The molecular weight excluding hydrogens is 416 g/mol. The minimum Gasteiger partial charge on any atom is -0.356 e. The molecule has 0 radical (unpaired) electrons. The van der Waals surface area contributed by atoms with E-state index in [1.807, 2.05) is 31.4 Å². The standard InChI is InChI=1S/C22H23BrN4O/c1-25-10-15(19-4-2-3-5-20(19)25)8-22(28)27-13-16-11-26(12-17(16)14-27)21-7-6-18(23)9-24-21/h2-7,9-10,16-17H,8,11-14H2,1H3. The number of carbonyl (C=O) groups excluding carboxylic acids is 1. The summed E-state index contributed by atoms with van der Waals surface area (Å²) in [6.45, 7) is 3.69. The molecule has 6 heteroatoms. The number of hydrogen-bond donors (Lipinski definition) is 0. The Morgan fingerprint density at radius 3 is 2.57 bits per heavy atom. The number of halogens is 1. The van der Waals surface area contributed by atoms with Crippen LogP contribution in [0.5, 0.6) is 0 Å². The quantitative estimate of drug-likeness (QED) is 0.628. The fraction of sp³-hybridized carbons (Fsp3) is 0.364. The van der Waals surface area contributed by atoms with Gasteiger partial charge in [-0.2, -0.15) is 0 Å². The van der Waals surface area contributed by atoms with Gasteiger partial charge in [-0.1, -0.05) is 18.2 Å². The van der Waals surface area contributed by atoms with Crippen molar-refractivity contribution in [1.82, 2.24) is 14.5 Å². The van der Waals surface area contributed by atoms with Crippen molar-refractivity contribution in [2.75, 3.05) is 31.1 Å². The topological polar surface area (TPSA) is 41.4 Å². The lowest BCUT2D eigenvalue weighted by Gasteiger charge is -2.22. The number of amides is 1. The number of pyridine rings is 1. The number of nitrogens with zero attached hydrogens (tertiary/aromatic N) is 4. The first kappa shape index (κ1) is 17.7. The zero-order valence-electron chi connectivity index (χ0n) is 15.9. The van der Waals surface area contributed by atoms with Crippen LogP contribution in [-0.2, 0) is 18.3 Å². The van der Waals surface area contributed by atoms with E-state index in [1.54, 1.807) is 0 Å². The molecule has 3 aromatic rings. The molecule has 4 heterocycles. The van der Waals surface area contributed by atoms with E-state index in [1.165, 1.54) is 10.9 Å². The summed E-state index contributed by atoms with van der Waals surface area (Å²) < 4.78 is 3.11. The molecular formula is C22H23BrN4O. The highest BCUT2D eigenvalue weighted by atomic mass is 79.9. The second kappa shape index (κ2) is 6.92. The van der Waals surface area contributed by atoms with Crippen LogP contribution in [0, 0.1) is 11.8 Å². The molecule has 0 N–H and O–H groups in total. The van der Waals surface area contributed by atoms with Crippen molar-refractivity contribution in [3.8, 4) is 0 Å². The van der Waals surface area contributed by atoms with Gasteiger partial charge in [-0.05, 0) is 39.7 Å². The number of para-hydroxylation sites is 1. The molecule has 2 atom stereocenters. The number of aryl methyl sites for hydroxylation is 1. The zero-order chi connectivity index (χ0) is 19.3. The highest BCUT2D eigenvalue weighted by molar-refractivity contribution is 9.10. The fourth-order valence-corrected chi connectivity index (χ4v) is 5.01. The van der Waals surface area contributed by atoms with Crippen LogP contribution in [0.15, 0.2) is 53.3 Å². The molecule has 0 saturated carbocycles. The van der Waals surface area contributed by atoms with Crippen LogP contribution in [0.1, 0.15) is 5.56 Å². The van der Waals surface area contributed by atoms with Gasteiger partial charge < -0.3 is 14.4 Å². The Balaban J connectivity index is 1.25. The lowest BCUT2D eigenvalue weighted by molar-refractivity contribution is -0.129. The molecule has 0 aliphatic carbocycles. The van der Waals surface area contributed by atoms with E-state index < -0.39 is 0 Å². The third-order valence-corrected chi connectivity index (χ3v) is 6.66. The number of hydrogen-bond acceptors (Lipinski definition) is 3. The van der Waals surface area contributed by atoms with Crippen LogP contribution in [0.2, 0.25) is 0 Å². The Bertz CT molecular complexity index is 1010. The van der Waals surface area contributed by atoms with Crippen LogP contribution in [0.3, 0.4) is 0 Å². The van der Waals surface area contributed by atoms with E-state index in [0.29, 0.717) is 18.3 Å². The highest BCUT2D eigenvalue weighted by Gasteiger charge is 2.41. The van der Waals surface area contributed by atoms with E-state index in [9.17, 15) is 4.79 Å². The normalized spacial score (nSPS) is 21.5. The number of likely N-dealkylation sites (tertiary alicyclic amines) is 1. The summed E-state index contributed by atoms with van der Waals surface area (Å²) in [6, 6.07) is 12.4. The number of anilines is 1. The maximum absolute atomic E-state index is 13.0. The zero-order valence-corrected chi connectivity index (χ0v) is 17.5. The second-order valence-corrected chi connectivity index (χ2v) is 8.93. The summed E-state index contributed by atoms with van der Waals surface area (Å²) in [5.74, 6) is 2.37. The third kappa shape index (κ3) is 3.09. The van der Waals surface area contributed by atoms with E-state index >= 15 is 0 Å². The first-order valence-electron chi connectivity index (χ1n) is 9.75. The molecule has 2 aromatic heterocycles. The summed E-state index contributed by atoms with van der Waals surface area (Å²) in [5.41, 5.74) is 2.31. The monoisotopic (exact) mass is 438 g/mol. The van der Waals surface area contributed by atoms with Gasteiger partial charge in [0.25, 0.3) is 0 Å². The summed E-state index contributed by atoms with van der Waals surface area (Å²) in [5, 5.41) is 1.19. The maximum Gasteiger partial charge on any atom is 0.227 e. The summed E-state index contributed by atoms with van der Waals surface area (Å²) in [4.78, 5) is 21.9. The van der Waals surface area contributed by atoms with Gasteiger partial charge in [-0.25, -0.2) is 4.98 Å². The molecule has 2 fully saturated rings. The number of benzene rings is 1. The Labute approximate surface area is 173 Å². The van der Waals surface area contributed by atoms with E-state index in [4.69, 9.17) is 0 Å². The first-order chi connectivity index (χ1) is 13.6. The smallest absolute Gasteiger partial charge is 0.227 e. The summed E-state index contributed by atoms with van der Waals surface area (Å²) in [6.07, 6.45) is 4.43. The molecule has 1 amide bonds. The predicted octanol–water partition coefficient (Wildman–Crippen LogP) is 3.47. The lowest BCUT2D eigenvalue weighted by atomic mass is 10.0. The molecule has 0 bridgehead atoms. The van der Waals surface area contributed by atoms with Crippen molar-refractivity contribution in [2.24, 2.45) is 18.9 Å². The molecule has 5 rings (SSSR count). The van der Waals surface area contributed by atoms with E-state index in [0.717, 1.165) is 42.0 Å². The van der Waals surface area contributed by atoms with Crippen LogP contribution in [-0.4, -0.2) is 46.5 Å². The van der Waals surface area contributed by atoms with Gasteiger partial charge in [0.1, 0.15) is 5.82 Å². The largest absolute Gasteiger partial charge is 0.356 e. The van der Waals surface area contributed by atoms with E-state index in [-0.39, 0.29) is 5.91 Å². The van der Waals surface area contributed by atoms with Crippen molar-refractivity contribution >= 4 is 38.6 Å². The predicted molar refractivity (Wildman–Crippen MR) is 114 cm³/mol. The van der Waals surface area contributed by atoms with Gasteiger partial charge in [-0.15, -0.1) is 0 Å². The lowest BCUT2D eigenvalue weighted by Crippen LogP contribution is -2.34. The van der Waals surface area contributed by atoms with Gasteiger partial charge in [0.2, 0.25) is 5.91 Å². The van der Waals surface area contributed by atoms with E-state index in [2.05, 4.69) is 59.7 Å². The molecule has 2 aliphatic heterocycles. The molecule has 28 heavy (non-hydrogen) atoms. The molecule has 2 unspecified atom stereocenters. The van der Waals surface area contributed by atoms with Crippen LogP contribution >= 0.6 is 15.9 Å². The Morgan fingerprint density at radius 1 is 1.11 bits per heavy atom. The van der Waals surface area contributed by atoms with Crippen molar-refractivity contribution in [2.45, 2.75) is 6.42 Å². The first-order valence-corrected chi connectivity index (χ1v) is 10.5.